The van der Waals surface area contributed by atoms with Gasteiger partial charge >= 0.3 is 6.03 Å². The minimum Gasteiger partial charge on any atom is -0.337 e. The maximum Gasteiger partial charge on any atom is 0.318 e. The molecule has 2 aromatic rings. The second-order valence-corrected chi connectivity index (χ2v) is 6.90. The van der Waals surface area contributed by atoms with E-state index in [1.165, 1.54) is 11.1 Å². The summed E-state index contributed by atoms with van der Waals surface area (Å²) in [6.07, 6.45) is 5.53. The van der Waals surface area contributed by atoms with Crippen molar-refractivity contribution < 1.29 is 4.79 Å². The van der Waals surface area contributed by atoms with Crippen molar-refractivity contribution >= 4 is 12.0 Å². The number of piperazine rings is 1. The number of rotatable bonds is 3. The van der Waals surface area contributed by atoms with Gasteiger partial charge in [0, 0.05) is 38.6 Å². The molecule has 1 aromatic heterocycles. The van der Waals surface area contributed by atoms with Crippen LogP contribution in [0.5, 0.6) is 0 Å². The Morgan fingerprint density at radius 3 is 2.28 bits per heavy atom. The summed E-state index contributed by atoms with van der Waals surface area (Å²) in [5.41, 5.74) is 2.29. The van der Waals surface area contributed by atoms with Gasteiger partial charge in [-0.1, -0.05) is 29.8 Å². The van der Waals surface area contributed by atoms with Crippen LogP contribution in [0, 0.1) is 6.92 Å². The molecule has 0 radical (unpaired) electrons. The quantitative estimate of drug-likeness (QED) is 0.934. The summed E-state index contributed by atoms with van der Waals surface area (Å²) in [5, 5.41) is 3.26. The maximum atomic E-state index is 12.7. The van der Waals surface area contributed by atoms with Gasteiger partial charge in [-0.2, -0.15) is 0 Å². The highest BCUT2D eigenvalue weighted by atomic mass is 16.2. The molecule has 1 saturated carbocycles. The van der Waals surface area contributed by atoms with Crippen LogP contribution < -0.4 is 10.2 Å². The first-order chi connectivity index (χ1) is 12.2. The molecule has 1 saturated heterocycles. The van der Waals surface area contributed by atoms with Crippen LogP contribution in [0.2, 0.25) is 0 Å². The number of urea groups is 1. The van der Waals surface area contributed by atoms with Gasteiger partial charge in [0.2, 0.25) is 5.95 Å². The summed E-state index contributed by atoms with van der Waals surface area (Å²) >= 11 is 0. The van der Waals surface area contributed by atoms with Gasteiger partial charge in [0.05, 0.1) is 5.54 Å². The molecule has 4 rings (SSSR count). The molecule has 6 nitrogen and oxygen atoms in total. The summed E-state index contributed by atoms with van der Waals surface area (Å²) in [6, 6.07) is 10.3. The Morgan fingerprint density at radius 2 is 1.68 bits per heavy atom. The number of carbonyl (C=O) groups is 1. The Bertz CT molecular complexity index is 734. The number of aryl methyl sites for hydroxylation is 1. The van der Waals surface area contributed by atoms with Crippen LogP contribution in [-0.4, -0.2) is 47.1 Å². The Hall–Kier alpha value is -2.63. The lowest BCUT2D eigenvalue weighted by Gasteiger charge is -2.35. The molecule has 2 heterocycles. The predicted molar refractivity (Wildman–Crippen MR) is 96.4 cm³/mol. The monoisotopic (exact) mass is 337 g/mol. The first-order valence-corrected chi connectivity index (χ1v) is 8.83. The number of amides is 2. The largest absolute Gasteiger partial charge is 0.337 e. The first-order valence-electron chi connectivity index (χ1n) is 8.83. The minimum atomic E-state index is -0.162. The molecule has 2 aliphatic rings. The number of benzene rings is 1. The average Bonchev–Trinajstić information content (AvgIpc) is 3.43. The summed E-state index contributed by atoms with van der Waals surface area (Å²) in [6.45, 7) is 4.98. The lowest BCUT2D eigenvalue weighted by Crippen LogP contribution is -2.53. The van der Waals surface area contributed by atoms with E-state index >= 15 is 0 Å². The number of carbonyl (C=O) groups excluding carboxylic acids is 1. The average molecular weight is 337 g/mol. The summed E-state index contributed by atoms with van der Waals surface area (Å²) in [4.78, 5) is 25.3. The van der Waals surface area contributed by atoms with Crippen molar-refractivity contribution in [1.29, 1.82) is 0 Å². The lowest BCUT2D eigenvalue weighted by atomic mass is 10.0. The van der Waals surface area contributed by atoms with Gasteiger partial charge in [0.15, 0.2) is 0 Å². The number of nitrogens with one attached hydrogen (secondary N) is 1. The molecular formula is C19H23N5O. The molecule has 130 valence electrons. The fraction of sp³-hybridized carbons (Fsp3) is 0.421. The maximum absolute atomic E-state index is 12.7. The van der Waals surface area contributed by atoms with Crippen molar-refractivity contribution in [2.45, 2.75) is 25.3 Å². The molecule has 2 fully saturated rings. The van der Waals surface area contributed by atoms with Crippen LogP contribution in [0.4, 0.5) is 10.7 Å². The van der Waals surface area contributed by atoms with Crippen molar-refractivity contribution in [3.05, 3.63) is 53.9 Å². The van der Waals surface area contributed by atoms with Crippen LogP contribution in [0.1, 0.15) is 24.0 Å². The number of hydrogen-bond donors (Lipinski definition) is 1. The van der Waals surface area contributed by atoms with E-state index < -0.39 is 0 Å². The van der Waals surface area contributed by atoms with Crippen LogP contribution >= 0.6 is 0 Å². The Kier molecular flexibility index (Phi) is 4.03. The van der Waals surface area contributed by atoms with Crippen LogP contribution in [-0.2, 0) is 5.54 Å². The third-order valence-electron chi connectivity index (χ3n) is 5.10. The third kappa shape index (κ3) is 3.29. The van der Waals surface area contributed by atoms with Gasteiger partial charge in [-0.3, -0.25) is 0 Å². The standard InChI is InChI=1S/C19H23N5O/c1-15-3-5-16(6-4-15)19(7-8-19)22-18(25)24-13-11-23(12-14-24)17-20-9-2-10-21-17/h2-6,9-10H,7-8,11-14H2,1H3,(H,22,25). The smallest absolute Gasteiger partial charge is 0.318 e. The zero-order valence-corrected chi connectivity index (χ0v) is 14.5. The molecule has 1 N–H and O–H groups in total. The number of hydrogen-bond acceptors (Lipinski definition) is 4. The zero-order chi connectivity index (χ0) is 17.3. The predicted octanol–water partition coefficient (Wildman–Crippen LogP) is 2.31. The molecule has 25 heavy (non-hydrogen) atoms. The highest BCUT2D eigenvalue weighted by molar-refractivity contribution is 5.76. The second-order valence-electron chi connectivity index (χ2n) is 6.90. The van der Waals surface area contributed by atoms with Crippen LogP contribution in [0.25, 0.3) is 0 Å². The first kappa shape index (κ1) is 15.9. The van der Waals surface area contributed by atoms with E-state index in [0.717, 1.165) is 31.9 Å². The highest BCUT2D eigenvalue weighted by Gasteiger charge is 2.46. The highest BCUT2D eigenvalue weighted by Crippen LogP contribution is 2.45. The summed E-state index contributed by atoms with van der Waals surface area (Å²) < 4.78 is 0. The van der Waals surface area contributed by atoms with Gasteiger partial charge in [-0.05, 0) is 31.4 Å². The number of aromatic nitrogens is 2. The molecule has 0 bridgehead atoms. The van der Waals surface area contributed by atoms with E-state index in [1.54, 1.807) is 12.4 Å². The van der Waals surface area contributed by atoms with E-state index in [1.807, 2.05) is 11.0 Å². The van der Waals surface area contributed by atoms with Gasteiger partial charge in [0.1, 0.15) is 0 Å². The minimum absolute atomic E-state index is 0.0340. The van der Waals surface area contributed by atoms with E-state index in [9.17, 15) is 4.79 Å². The fourth-order valence-electron chi connectivity index (χ4n) is 3.33. The van der Waals surface area contributed by atoms with Gasteiger partial charge < -0.3 is 15.1 Å². The summed E-state index contributed by atoms with van der Waals surface area (Å²) in [7, 11) is 0. The van der Waals surface area contributed by atoms with Gasteiger partial charge in [-0.15, -0.1) is 0 Å². The van der Waals surface area contributed by atoms with E-state index in [0.29, 0.717) is 13.1 Å². The van der Waals surface area contributed by atoms with Crippen LogP contribution in [0.15, 0.2) is 42.7 Å². The van der Waals surface area contributed by atoms with Crippen molar-refractivity contribution in [2.75, 3.05) is 31.1 Å². The molecule has 6 heteroatoms. The Labute approximate surface area is 147 Å². The summed E-state index contributed by atoms with van der Waals surface area (Å²) in [5.74, 6) is 0.737. The topological polar surface area (TPSA) is 61.4 Å². The van der Waals surface area contributed by atoms with Gasteiger partial charge in [-0.25, -0.2) is 14.8 Å². The number of nitrogens with zero attached hydrogens (tertiary/aromatic N) is 4. The lowest BCUT2D eigenvalue weighted by molar-refractivity contribution is 0.188. The van der Waals surface area contributed by atoms with Crippen LogP contribution in [0.3, 0.4) is 0 Å². The van der Waals surface area contributed by atoms with E-state index in [4.69, 9.17) is 0 Å². The van der Waals surface area contributed by atoms with Crippen molar-refractivity contribution in [3.8, 4) is 0 Å². The molecule has 0 atom stereocenters. The molecule has 1 aromatic carbocycles. The van der Waals surface area contributed by atoms with Crippen molar-refractivity contribution in [3.63, 3.8) is 0 Å². The van der Waals surface area contributed by atoms with E-state index in [-0.39, 0.29) is 11.6 Å². The zero-order valence-electron chi connectivity index (χ0n) is 14.5. The molecule has 1 aliphatic heterocycles. The second kappa shape index (κ2) is 6.35. The van der Waals surface area contributed by atoms with Crippen molar-refractivity contribution in [2.24, 2.45) is 0 Å². The van der Waals surface area contributed by atoms with Crippen molar-refractivity contribution in [1.82, 2.24) is 20.2 Å². The fourth-order valence-corrected chi connectivity index (χ4v) is 3.33. The molecular weight excluding hydrogens is 314 g/mol. The molecule has 0 unspecified atom stereocenters. The number of anilines is 1. The third-order valence-corrected chi connectivity index (χ3v) is 5.10. The van der Waals surface area contributed by atoms with E-state index in [2.05, 4.69) is 51.4 Å². The molecule has 1 aliphatic carbocycles. The molecule has 2 amide bonds. The Balaban J connectivity index is 1.36. The normalized spacial score (nSPS) is 18.8. The molecule has 0 spiro atoms. The Morgan fingerprint density at radius 1 is 1.04 bits per heavy atom. The van der Waals surface area contributed by atoms with Gasteiger partial charge in [0.25, 0.3) is 0 Å². The SMILES string of the molecule is Cc1ccc(C2(NC(=O)N3CCN(c4ncccn4)CC3)CC2)cc1.